The number of rotatable bonds is 7. The van der Waals surface area contributed by atoms with Gasteiger partial charge in [-0.1, -0.05) is 30.3 Å². The normalized spacial score (nSPS) is 18.6. The van der Waals surface area contributed by atoms with Crippen LogP contribution in [0.5, 0.6) is 0 Å². The Morgan fingerprint density at radius 2 is 1.86 bits per heavy atom. The first-order valence-corrected chi connectivity index (χ1v) is 10.4. The molecule has 29 heavy (non-hydrogen) atoms. The number of benzene rings is 1. The molecule has 1 amide bonds. The second-order valence-corrected chi connectivity index (χ2v) is 8.42. The van der Waals surface area contributed by atoms with E-state index < -0.39 is 10.0 Å². The molecule has 7 nitrogen and oxygen atoms in total. The van der Waals surface area contributed by atoms with Gasteiger partial charge in [-0.2, -0.15) is 0 Å². The van der Waals surface area contributed by atoms with Crippen LogP contribution in [0.3, 0.4) is 0 Å². The van der Waals surface area contributed by atoms with Crippen LogP contribution in [0.25, 0.3) is 0 Å². The van der Waals surface area contributed by atoms with Gasteiger partial charge < -0.3 is 10.6 Å². The van der Waals surface area contributed by atoms with Gasteiger partial charge >= 0.3 is 0 Å². The molecular formula is C19H26Cl2N4O3S. The number of halogens is 2. The van der Waals surface area contributed by atoms with E-state index >= 15 is 0 Å². The van der Waals surface area contributed by atoms with Gasteiger partial charge in [-0.15, -0.1) is 24.8 Å². The average molecular weight is 461 g/mol. The molecule has 2 aromatic rings. The summed E-state index contributed by atoms with van der Waals surface area (Å²) in [5.74, 6) is 0.358. The Morgan fingerprint density at radius 1 is 1.14 bits per heavy atom. The minimum absolute atomic E-state index is 0. The van der Waals surface area contributed by atoms with Crippen molar-refractivity contribution in [3.8, 4) is 0 Å². The summed E-state index contributed by atoms with van der Waals surface area (Å²) in [6.07, 6.45) is 2.89. The zero-order valence-electron chi connectivity index (χ0n) is 15.8. The SMILES string of the molecule is Cl.Cl.NC[C@@H]1CN(C(=O)CCNS(=O)(=O)c2cccnc2)C[C@H]1c1ccccc1. The van der Waals surface area contributed by atoms with Gasteiger partial charge in [0.1, 0.15) is 4.90 Å². The minimum atomic E-state index is -3.65. The average Bonchev–Trinajstić information content (AvgIpc) is 3.14. The fourth-order valence-corrected chi connectivity index (χ4v) is 4.43. The van der Waals surface area contributed by atoms with Gasteiger partial charge in [0, 0.05) is 44.4 Å². The van der Waals surface area contributed by atoms with E-state index in [0.717, 1.165) is 0 Å². The van der Waals surface area contributed by atoms with E-state index in [0.29, 0.717) is 19.6 Å². The largest absolute Gasteiger partial charge is 0.342 e. The third-order valence-electron chi connectivity index (χ3n) is 4.90. The molecule has 10 heteroatoms. The Bertz CT molecular complexity index is 870. The topological polar surface area (TPSA) is 105 Å². The van der Waals surface area contributed by atoms with Gasteiger partial charge in [0.2, 0.25) is 15.9 Å². The highest BCUT2D eigenvalue weighted by atomic mass is 35.5. The van der Waals surface area contributed by atoms with E-state index in [1.54, 1.807) is 11.0 Å². The number of nitrogens with one attached hydrogen (secondary N) is 1. The van der Waals surface area contributed by atoms with Gasteiger partial charge in [0.05, 0.1) is 0 Å². The zero-order valence-corrected chi connectivity index (χ0v) is 18.3. The predicted octanol–water partition coefficient (Wildman–Crippen LogP) is 1.79. The molecule has 2 atom stereocenters. The summed E-state index contributed by atoms with van der Waals surface area (Å²) in [6.45, 7) is 1.77. The molecule has 1 aromatic heterocycles. The lowest BCUT2D eigenvalue weighted by Crippen LogP contribution is -2.33. The van der Waals surface area contributed by atoms with Crippen molar-refractivity contribution in [1.29, 1.82) is 0 Å². The van der Waals surface area contributed by atoms with Crippen molar-refractivity contribution in [3.05, 3.63) is 60.4 Å². The molecule has 0 spiro atoms. The van der Waals surface area contributed by atoms with Crippen LogP contribution in [-0.2, 0) is 14.8 Å². The van der Waals surface area contributed by atoms with Crippen molar-refractivity contribution in [2.75, 3.05) is 26.2 Å². The number of hydrogen-bond donors (Lipinski definition) is 2. The Morgan fingerprint density at radius 3 is 2.48 bits per heavy atom. The molecular weight excluding hydrogens is 435 g/mol. The number of amides is 1. The van der Waals surface area contributed by atoms with Crippen molar-refractivity contribution >= 4 is 40.7 Å². The van der Waals surface area contributed by atoms with E-state index in [1.165, 1.54) is 24.0 Å². The monoisotopic (exact) mass is 460 g/mol. The van der Waals surface area contributed by atoms with Crippen molar-refractivity contribution < 1.29 is 13.2 Å². The first-order chi connectivity index (χ1) is 13.0. The van der Waals surface area contributed by atoms with Gasteiger partial charge in [0.15, 0.2) is 0 Å². The van der Waals surface area contributed by atoms with Gasteiger partial charge in [0.25, 0.3) is 0 Å². The van der Waals surface area contributed by atoms with Crippen LogP contribution in [-0.4, -0.2) is 50.4 Å². The maximum atomic E-state index is 12.5. The second kappa shape index (κ2) is 11.5. The molecule has 0 unspecified atom stereocenters. The number of likely N-dealkylation sites (tertiary alicyclic amines) is 1. The highest BCUT2D eigenvalue weighted by Gasteiger charge is 2.35. The van der Waals surface area contributed by atoms with Gasteiger partial charge in [-0.3, -0.25) is 9.78 Å². The van der Waals surface area contributed by atoms with E-state index in [1.807, 2.05) is 18.2 Å². The molecule has 0 saturated carbocycles. The van der Waals surface area contributed by atoms with Crippen LogP contribution in [0.15, 0.2) is 59.8 Å². The number of carbonyl (C=O) groups excluding carboxylic acids is 1. The second-order valence-electron chi connectivity index (χ2n) is 6.65. The number of nitrogens with two attached hydrogens (primary N) is 1. The van der Waals surface area contributed by atoms with Crippen molar-refractivity contribution in [2.45, 2.75) is 17.2 Å². The molecule has 0 bridgehead atoms. The summed E-state index contributed by atoms with van der Waals surface area (Å²) in [7, 11) is -3.65. The molecule has 3 rings (SSSR count). The van der Waals surface area contributed by atoms with Crippen LogP contribution >= 0.6 is 24.8 Å². The Kier molecular flexibility index (Phi) is 10.0. The molecule has 3 N–H and O–H groups in total. The summed E-state index contributed by atoms with van der Waals surface area (Å²) in [4.78, 5) is 18.2. The highest BCUT2D eigenvalue weighted by molar-refractivity contribution is 7.89. The Balaban J connectivity index is 0.00000210. The summed E-state index contributed by atoms with van der Waals surface area (Å²) >= 11 is 0. The first-order valence-electron chi connectivity index (χ1n) is 8.93. The van der Waals surface area contributed by atoms with Crippen molar-refractivity contribution in [1.82, 2.24) is 14.6 Å². The quantitative estimate of drug-likeness (QED) is 0.654. The fourth-order valence-electron chi connectivity index (χ4n) is 3.43. The fraction of sp³-hybridized carbons (Fsp3) is 0.368. The number of carbonyl (C=O) groups is 1. The molecule has 1 aromatic carbocycles. The van der Waals surface area contributed by atoms with Crippen LogP contribution in [0, 0.1) is 5.92 Å². The van der Waals surface area contributed by atoms with E-state index in [4.69, 9.17) is 5.73 Å². The van der Waals surface area contributed by atoms with Crippen LogP contribution in [0.2, 0.25) is 0 Å². The van der Waals surface area contributed by atoms with E-state index in [-0.39, 0.29) is 60.4 Å². The number of aromatic nitrogens is 1. The molecule has 0 aliphatic carbocycles. The van der Waals surface area contributed by atoms with E-state index in [9.17, 15) is 13.2 Å². The molecule has 1 aliphatic rings. The molecule has 1 aliphatic heterocycles. The molecule has 2 heterocycles. The predicted molar refractivity (Wildman–Crippen MR) is 117 cm³/mol. The summed E-state index contributed by atoms with van der Waals surface area (Å²) < 4.78 is 26.8. The van der Waals surface area contributed by atoms with Crippen molar-refractivity contribution in [3.63, 3.8) is 0 Å². The standard InChI is InChI=1S/C19H24N4O3S.2ClH/c20-11-16-13-23(14-18(16)15-5-2-1-3-6-15)19(24)8-10-22-27(25,26)17-7-4-9-21-12-17;;/h1-7,9,12,16,18,22H,8,10-11,13-14,20H2;2*1H/t16-,18+;;/m1../s1. The maximum absolute atomic E-state index is 12.5. The smallest absolute Gasteiger partial charge is 0.242 e. The number of pyridine rings is 1. The third kappa shape index (κ3) is 6.38. The lowest BCUT2D eigenvalue weighted by atomic mass is 9.89. The lowest BCUT2D eigenvalue weighted by Gasteiger charge is -2.17. The molecule has 1 saturated heterocycles. The number of nitrogens with zero attached hydrogens (tertiary/aromatic N) is 2. The molecule has 0 radical (unpaired) electrons. The zero-order chi connectivity index (χ0) is 19.3. The van der Waals surface area contributed by atoms with Gasteiger partial charge in [-0.05, 0) is 30.2 Å². The Labute approximate surface area is 183 Å². The molecule has 160 valence electrons. The first kappa shape index (κ1) is 25.3. The van der Waals surface area contributed by atoms with Crippen LogP contribution in [0.1, 0.15) is 17.9 Å². The van der Waals surface area contributed by atoms with Gasteiger partial charge in [-0.25, -0.2) is 13.1 Å². The van der Waals surface area contributed by atoms with E-state index in [2.05, 4.69) is 21.8 Å². The van der Waals surface area contributed by atoms with Crippen LogP contribution in [0.4, 0.5) is 0 Å². The molecule has 1 fully saturated rings. The number of sulfonamides is 1. The third-order valence-corrected chi connectivity index (χ3v) is 6.35. The van der Waals surface area contributed by atoms with Crippen molar-refractivity contribution in [2.24, 2.45) is 11.7 Å². The summed E-state index contributed by atoms with van der Waals surface area (Å²) in [5, 5.41) is 0. The summed E-state index contributed by atoms with van der Waals surface area (Å²) in [6, 6.07) is 13.1. The highest BCUT2D eigenvalue weighted by Crippen LogP contribution is 2.32. The summed E-state index contributed by atoms with van der Waals surface area (Å²) in [5.41, 5.74) is 7.09. The lowest BCUT2D eigenvalue weighted by molar-refractivity contribution is -0.130. The Hall–Kier alpha value is -1.71. The number of hydrogen-bond acceptors (Lipinski definition) is 5. The minimum Gasteiger partial charge on any atom is -0.342 e. The van der Waals surface area contributed by atoms with Crippen LogP contribution < -0.4 is 10.5 Å². The maximum Gasteiger partial charge on any atom is 0.242 e.